The summed E-state index contributed by atoms with van der Waals surface area (Å²) in [5, 5.41) is 8.07. The summed E-state index contributed by atoms with van der Waals surface area (Å²) in [6.07, 6.45) is 4.92. The van der Waals surface area contributed by atoms with Gasteiger partial charge in [0.05, 0.1) is 12.2 Å². The number of hydrogen-bond acceptors (Lipinski definition) is 3. The molecule has 4 heteroatoms. The van der Waals surface area contributed by atoms with Gasteiger partial charge in [-0.15, -0.1) is 0 Å². The Morgan fingerprint density at radius 1 is 1.20 bits per heavy atom. The topological polar surface area (TPSA) is 42.7 Å². The van der Waals surface area contributed by atoms with Crippen molar-refractivity contribution in [2.75, 3.05) is 11.9 Å². The highest BCUT2D eigenvalue weighted by atomic mass is 15.3. The number of aryl methyl sites for hydroxylation is 2. The Hall–Kier alpha value is -1.84. The van der Waals surface area contributed by atoms with Gasteiger partial charge in [0.25, 0.3) is 0 Å². The first-order valence-electron chi connectivity index (χ1n) is 7.51. The van der Waals surface area contributed by atoms with Crippen LogP contribution in [0.4, 0.5) is 5.82 Å². The second-order valence-electron chi connectivity index (χ2n) is 4.93. The van der Waals surface area contributed by atoms with Gasteiger partial charge in [0, 0.05) is 24.0 Å². The van der Waals surface area contributed by atoms with Crippen molar-refractivity contribution in [3.05, 3.63) is 41.3 Å². The fourth-order valence-electron chi connectivity index (χ4n) is 2.24. The van der Waals surface area contributed by atoms with Crippen molar-refractivity contribution in [3.63, 3.8) is 0 Å². The van der Waals surface area contributed by atoms with Crippen LogP contribution in [0, 0.1) is 0 Å². The van der Waals surface area contributed by atoms with Crippen LogP contribution in [0.3, 0.4) is 0 Å². The molecule has 0 aromatic carbocycles. The van der Waals surface area contributed by atoms with Gasteiger partial charge in [0.2, 0.25) is 0 Å². The van der Waals surface area contributed by atoms with E-state index in [-0.39, 0.29) is 0 Å². The summed E-state index contributed by atoms with van der Waals surface area (Å²) in [4.78, 5) is 4.44. The summed E-state index contributed by atoms with van der Waals surface area (Å²) in [6.45, 7) is 8.20. The predicted molar refractivity (Wildman–Crippen MR) is 83.1 cm³/mol. The van der Waals surface area contributed by atoms with Crippen LogP contribution in [-0.4, -0.2) is 21.3 Å². The van der Waals surface area contributed by atoms with Crippen molar-refractivity contribution in [1.29, 1.82) is 0 Å². The molecule has 0 aliphatic heterocycles. The van der Waals surface area contributed by atoms with Crippen LogP contribution in [0.2, 0.25) is 0 Å². The monoisotopic (exact) mass is 272 g/mol. The number of pyridine rings is 1. The minimum atomic E-state index is 0.781. The lowest BCUT2D eigenvalue weighted by Crippen LogP contribution is -2.10. The zero-order valence-corrected chi connectivity index (χ0v) is 12.7. The van der Waals surface area contributed by atoms with Crippen molar-refractivity contribution in [3.8, 4) is 0 Å². The zero-order valence-electron chi connectivity index (χ0n) is 12.7. The van der Waals surface area contributed by atoms with Crippen LogP contribution in [-0.2, 0) is 19.4 Å². The van der Waals surface area contributed by atoms with Crippen LogP contribution in [0.5, 0.6) is 0 Å². The van der Waals surface area contributed by atoms with Crippen molar-refractivity contribution in [2.24, 2.45) is 0 Å². The van der Waals surface area contributed by atoms with Crippen molar-refractivity contribution >= 4 is 5.82 Å². The normalized spacial score (nSPS) is 10.8. The first-order chi connectivity index (χ1) is 9.78. The summed E-state index contributed by atoms with van der Waals surface area (Å²) >= 11 is 0. The van der Waals surface area contributed by atoms with E-state index in [1.165, 1.54) is 11.3 Å². The summed E-state index contributed by atoms with van der Waals surface area (Å²) in [5.41, 5.74) is 3.64. The molecule has 2 aromatic rings. The third kappa shape index (κ3) is 3.38. The molecule has 0 spiro atoms. The Balaban J connectivity index is 2.23. The SMILES string of the molecule is CCCNc1ncccc1Cn1nc(CC)cc1CC. The van der Waals surface area contributed by atoms with Gasteiger partial charge >= 0.3 is 0 Å². The standard InChI is InChI=1S/C16H24N4/c1-4-9-17-16-13(8-7-10-18-16)12-20-15(6-3)11-14(5-2)19-20/h7-8,10-11H,4-6,9,12H2,1-3H3,(H,17,18). The van der Waals surface area contributed by atoms with Crippen LogP contribution in [0.15, 0.2) is 24.4 Å². The number of nitrogens with one attached hydrogen (secondary N) is 1. The molecule has 2 heterocycles. The molecule has 0 aliphatic carbocycles. The molecule has 0 amide bonds. The highest BCUT2D eigenvalue weighted by Gasteiger charge is 2.09. The van der Waals surface area contributed by atoms with Crippen molar-refractivity contribution in [2.45, 2.75) is 46.6 Å². The van der Waals surface area contributed by atoms with Gasteiger partial charge in [-0.05, 0) is 31.4 Å². The van der Waals surface area contributed by atoms with Crippen LogP contribution in [0.1, 0.15) is 44.1 Å². The van der Waals surface area contributed by atoms with E-state index < -0.39 is 0 Å². The number of anilines is 1. The molecular formula is C16H24N4. The minimum Gasteiger partial charge on any atom is -0.370 e. The van der Waals surface area contributed by atoms with Gasteiger partial charge in [-0.25, -0.2) is 4.98 Å². The number of rotatable bonds is 7. The Kier molecular flexibility index (Phi) is 5.16. The molecule has 1 N–H and O–H groups in total. The molecule has 2 aromatic heterocycles. The summed E-state index contributed by atoms with van der Waals surface area (Å²) in [5.74, 6) is 0.977. The number of aromatic nitrogens is 3. The van der Waals surface area contributed by atoms with Crippen LogP contribution < -0.4 is 5.32 Å². The Morgan fingerprint density at radius 2 is 2.05 bits per heavy atom. The third-order valence-corrected chi connectivity index (χ3v) is 3.39. The zero-order chi connectivity index (χ0) is 14.4. The fraction of sp³-hybridized carbons (Fsp3) is 0.500. The predicted octanol–water partition coefficient (Wildman–Crippen LogP) is 3.27. The van der Waals surface area contributed by atoms with E-state index in [0.29, 0.717) is 0 Å². The van der Waals surface area contributed by atoms with Gasteiger partial charge in [-0.1, -0.05) is 26.8 Å². The lowest BCUT2D eigenvalue weighted by molar-refractivity contribution is 0.639. The Labute approximate surface area is 121 Å². The van der Waals surface area contributed by atoms with Crippen molar-refractivity contribution < 1.29 is 0 Å². The average molecular weight is 272 g/mol. The van der Waals surface area contributed by atoms with E-state index in [2.05, 4.69) is 53.0 Å². The van der Waals surface area contributed by atoms with E-state index in [4.69, 9.17) is 0 Å². The molecule has 108 valence electrons. The molecule has 0 bridgehead atoms. The molecular weight excluding hydrogens is 248 g/mol. The first kappa shape index (κ1) is 14.6. The number of hydrogen-bond donors (Lipinski definition) is 1. The summed E-state index contributed by atoms with van der Waals surface area (Å²) < 4.78 is 2.10. The fourth-order valence-corrected chi connectivity index (χ4v) is 2.24. The van der Waals surface area contributed by atoms with Gasteiger partial charge < -0.3 is 5.32 Å². The Bertz CT molecular complexity index is 545. The van der Waals surface area contributed by atoms with Gasteiger partial charge in [0.1, 0.15) is 5.82 Å². The van der Waals surface area contributed by atoms with Crippen LogP contribution >= 0.6 is 0 Å². The van der Waals surface area contributed by atoms with E-state index in [9.17, 15) is 0 Å². The van der Waals surface area contributed by atoms with Crippen LogP contribution in [0.25, 0.3) is 0 Å². The highest BCUT2D eigenvalue weighted by molar-refractivity contribution is 5.43. The summed E-state index contributed by atoms with van der Waals surface area (Å²) in [7, 11) is 0. The van der Waals surface area contributed by atoms with Crippen molar-refractivity contribution in [1.82, 2.24) is 14.8 Å². The maximum atomic E-state index is 4.68. The average Bonchev–Trinajstić information content (AvgIpc) is 2.88. The lowest BCUT2D eigenvalue weighted by atomic mass is 10.2. The largest absolute Gasteiger partial charge is 0.370 e. The van der Waals surface area contributed by atoms with E-state index in [0.717, 1.165) is 43.9 Å². The maximum Gasteiger partial charge on any atom is 0.131 e. The molecule has 0 radical (unpaired) electrons. The second-order valence-corrected chi connectivity index (χ2v) is 4.93. The second kappa shape index (κ2) is 7.08. The highest BCUT2D eigenvalue weighted by Crippen LogP contribution is 2.15. The van der Waals surface area contributed by atoms with E-state index >= 15 is 0 Å². The number of nitrogens with zero attached hydrogens (tertiary/aromatic N) is 3. The van der Waals surface area contributed by atoms with E-state index in [1.807, 2.05) is 12.3 Å². The molecule has 0 unspecified atom stereocenters. The molecule has 0 aliphatic rings. The molecule has 2 rings (SSSR count). The molecule has 4 nitrogen and oxygen atoms in total. The van der Waals surface area contributed by atoms with Gasteiger partial charge in [0.15, 0.2) is 0 Å². The first-order valence-corrected chi connectivity index (χ1v) is 7.51. The Morgan fingerprint density at radius 3 is 2.75 bits per heavy atom. The van der Waals surface area contributed by atoms with Gasteiger partial charge in [-0.3, -0.25) is 4.68 Å². The minimum absolute atomic E-state index is 0.781. The smallest absolute Gasteiger partial charge is 0.131 e. The molecule has 0 fully saturated rings. The van der Waals surface area contributed by atoms with E-state index in [1.54, 1.807) is 0 Å². The quantitative estimate of drug-likeness (QED) is 0.841. The maximum absolute atomic E-state index is 4.68. The molecule has 0 saturated carbocycles. The lowest BCUT2D eigenvalue weighted by Gasteiger charge is -2.11. The molecule has 0 saturated heterocycles. The summed E-state index contributed by atoms with van der Waals surface area (Å²) in [6, 6.07) is 6.32. The molecule has 20 heavy (non-hydrogen) atoms. The van der Waals surface area contributed by atoms with Gasteiger partial charge in [-0.2, -0.15) is 5.10 Å². The third-order valence-electron chi connectivity index (χ3n) is 3.39. The molecule has 0 atom stereocenters.